The van der Waals surface area contributed by atoms with E-state index in [1.54, 1.807) is 0 Å². The van der Waals surface area contributed by atoms with E-state index in [9.17, 15) is 0 Å². The Labute approximate surface area is 411 Å². The lowest BCUT2D eigenvalue weighted by atomic mass is 9.97. The maximum absolute atomic E-state index is 2.56. The minimum Gasteiger partial charge on any atom is -0.309 e. The van der Waals surface area contributed by atoms with Crippen molar-refractivity contribution in [3.05, 3.63) is 243 Å². The van der Waals surface area contributed by atoms with Crippen LogP contribution in [0.1, 0.15) is 0 Å². The lowest BCUT2D eigenvalue weighted by Crippen LogP contribution is -1.97. The number of benzene rings is 11. The molecule has 15 aromatic rings. The van der Waals surface area contributed by atoms with Crippen LogP contribution in [0, 0.1) is 0 Å². The fourth-order valence-corrected chi connectivity index (χ4v) is 13.6. The first-order valence-corrected chi connectivity index (χ1v) is 25.5. The highest BCUT2D eigenvalue weighted by atomic mass is 32.1. The smallest absolute Gasteiger partial charge is 0.0634 e. The summed E-state index contributed by atoms with van der Waals surface area (Å²) in [4.78, 5) is 0. The Morgan fingerprint density at radius 3 is 1.36 bits per heavy atom. The van der Waals surface area contributed by atoms with Gasteiger partial charge in [-0.1, -0.05) is 176 Å². The van der Waals surface area contributed by atoms with Crippen LogP contribution in [-0.4, -0.2) is 9.13 Å². The van der Waals surface area contributed by atoms with Crippen molar-refractivity contribution in [3.8, 4) is 55.9 Å². The Kier molecular flexibility index (Phi) is 8.73. The van der Waals surface area contributed by atoms with Gasteiger partial charge in [-0.25, -0.2) is 0 Å². The van der Waals surface area contributed by atoms with E-state index < -0.39 is 0 Å². The van der Waals surface area contributed by atoms with Gasteiger partial charge in [-0.2, -0.15) is 0 Å². The zero-order chi connectivity index (χ0) is 45.9. The molecule has 4 heteroatoms. The van der Waals surface area contributed by atoms with Crippen LogP contribution in [0.5, 0.6) is 0 Å². The molecule has 2 nitrogen and oxygen atoms in total. The zero-order valence-electron chi connectivity index (χ0n) is 37.8. The van der Waals surface area contributed by atoms with Gasteiger partial charge >= 0.3 is 0 Å². The van der Waals surface area contributed by atoms with Crippen LogP contribution in [0.25, 0.3) is 140 Å². The van der Waals surface area contributed by atoms with Crippen LogP contribution in [0.15, 0.2) is 243 Å². The molecule has 4 aromatic heterocycles. The van der Waals surface area contributed by atoms with Crippen LogP contribution in [0.3, 0.4) is 0 Å². The minimum absolute atomic E-state index is 1.15. The van der Waals surface area contributed by atoms with E-state index in [1.807, 2.05) is 22.7 Å². The molecule has 0 saturated heterocycles. The van der Waals surface area contributed by atoms with Crippen LogP contribution in [0.4, 0.5) is 0 Å². The SMILES string of the molecule is c1ccc(-c2cccc(-n3c4ccccc4c4ccc5sc6cc(-c7ccc8c9ccc%10sc%11ccccc%11c%10c9n(-c9cc(-c%10ccccc%10)cc(-c%10ccccc%10)c9)c8c7)ccc6c5c43)c2)cc1. The summed E-state index contributed by atoms with van der Waals surface area (Å²) in [7, 11) is 0. The normalized spacial score (nSPS) is 12.0. The third-order valence-corrected chi connectivity index (χ3v) is 16.7. The van der Waals surface area contributed by atoms with Crippen LogP contribution < -0.4 is 0 Å². The molecule has 0 saturated carbocycles. The summed E-state index contributed by atoms with van der Waals surface area (Å²) in [6.45, 7) is 0. The zero-order valence-corrected chi connectivity index (χ0v) is 39.4. The highest BCUT2D eigenvalue weighted by Crippen LogP contribution is 2.47. The summed E-state index contributed by atoms with van der Waals surface area (Å²) in [6, 6.07) is 89.9. The largest absolute Gasteiger partial charge is 0.309 e. The number of rotatable bonds is 6. The summed E-state index contributed by atoms with van der Waals surface area (Å²) in [5.74, 6) is 0. The van der Waals surface area contributed by atoms with Gasteiger partial charge in [-0.15, -0.1) is 22.7 Å². The quantitative estimate of drug-likeness (QED) is 0.157. The van der Waals surface area contributed by atoms with Crippen molar-refractivity contribution >= 4 is 107 Å². The van der Waals surface area contributed by atoms with E-state index in [4.69, 9.17) is 0 Å². The van der Waals surface area contributed by atoms with E-state index in [0.29, 0.717) is 0 Å². The van der Waals surface area contributed by atoms with E-state index in [-0.39, 0.29) is 0 Å². The van der Waals surface area contributed by atoms with Gasteiger partial charge in [0.2, 0.25) is 0 Å². The predicted octanol–water partition coefficient (Wildman–Crippen LogP) is 19.3. The molecule has 326 valence electrons. The number of hydrogen-bond acceptors (Lipinski definition) is 2. The van der Waals surface area contributed by atoms with Gasteiger partial charge in [0.1, 0.15) is 0 Å². The molecule has 0 spiro atoms. The first-order valence-electron chi connectivity index (χ1n) is 23.9. The second-order valence-electron chi connectivity index (χ2n) is 18.4. The highest BCUT2D eigenvalue weighted by Gasteiger charge is 2.22. The lowest BCUT2D eigenvalue weighted by molar-refractivity contribution is 1.19. The molecule has 70 heavy (non-hydrogen) atoms. The van der Waals surface area contributed by atoms with Crippen molar-refractivity contribution < 1.29 is 0 Å². The first kappa shape index (κ1) is 39.5. The molecule has 0 aliphatic carbocycles. The molecule has 4 heterocycles. The molecule has 11 aromatic carbocycles. The summed E-state index contributed by atoms with van der Waals surface area (Å²) < 4.78 is 10.2. The molecule has 0 aliphatic heterocycles. The summed E-state index contributed by atoms with van der Waals surface area (Å²) in [5.41, 5.74) is 16.8. The molecule has 0 bridgehead atoms. The van der Waals surface area contributed by atoms with Gasteiger partial charge in [0.05, 0.1) is 22.1 Å². The van der Waals surface area contributed by atoms with Crippen molar-refractivity contribution in [2.45, 2.75) is 0 Å². The average molecular weight is 925 g/mol. The summed E-state index contributed by atoms with van der Waals surface area (Å²) in [5, 5.41) is 10.2. The second-order valence-corrected chi connectivity index (χ2v) is 20.6. The molecular weight excluding hydrogens is 885 g/mol. The van der Waals surface area contributed by atoms with Crippen LogP contribution in [-0.2, 0) is 0 Å². The molecule has 0 atom stereocenters. The maximum Gasteiger partial charge on any atom is 0.0634 e. The van der Waals surface area contributed by atoms with Crippen LogP contribution in [0.2, 0.25) is 0 Å². The van der Waals surface area contributed by atoms with E-state index >= 15 is 0 Å². The average Bonchev–Trinajstić information content (AvgIpc) is 4.18. The molecule has 0 amide bonds. The lowest BCUT2D eigenvalue weighted by Gasteiger charge is -2.15. The predicted molar refractivity (Wildman–Crippen MR) is 303 cm³/mol. The number of nitrogens with zero attached hydrogens (tertiary/aromatic N) is 2. The molecule has 0 fully saturated rings. The van der Waals surface area contributed by atoms with Crippen molar-refractivity contribution in [2.75, 3.05) is 0 Å². The second kappa shape index (κ2) is 15.5. The Bertz CT molecular complexity index is 4510. The fraction of sp³-hybridized carbons (Fsp3) is 0. The maximum atomic E-state index is 2.56. The van der Waals surface area contributed by atoms with Crippen molar-refractivity contribution in [1.82, 2.24) is 9.13 Å². The summed E-state index contributed by atoms with van der Waals surface area (Å²) >= 11 is 3.77. The number of aromatic nitrogens is 2. The molecule has 0 N–H and O–H groups in total. The number of hydrogen-bond donors (Lipinski definition) is 0. The Morgan fingerprint density at radius 1 is 0.229 bits per heavy atom. The van der Waals surface area contributed by atoms with Gasteiger partial charge < -0.3 is 9.13 Å². The molecule has 0 aliphatic rings. The van der Waals surface area contributed by atoms with Crippen molar-refractivity contribution in [1.29, 1.82) is 0 Å². The van der Waals surface area contributed by atoms with E-state index in [1.165, 1.54) is 128 Å². The van der Waals surface area contributed by atoms with Crippen molar-refractivity contribution in [3.63, 3.8) is 0 Å². The number of para-hydroxylation sites is 1. The van der Waals surface area contributed by atoms with Crippen molar-refractivity contribution in [2.24, 2.45) is 0 Å². The third kappa shape index (κ3) is 6.04. The third-order valence-electron chi connectivity index (χ3n) is 14.5. The highest BCUT2D eigenvalue weighted by molar-refractivity contribution is 7.26. The molecule has 15 rings (SSSR count). The number of thiophene rings is 2. The minimum atomic E-state index is 1.15. The topological polar surface area (TPSA) is 9.86 Å². The Balaban J connectivity index is 0.964. The first-order chi connectivity index (χ1) is 34.7. The van der Waals surface area contributed by atoms with Gasteiger partial charge in [0, 0.05) is 73.3 Å². The van der Waals surface area contributed by atoms with Gasteiger partial charge in [0.15, 0.2) is 0 Å². The van der Waals surface area contributed by atoms with E-state index in [0.717, 1.165) is 11.4 Å². The molecule has 0 radical (unpaired) electrons. The Hall–Kier alpha value is -8.54. The van der Waals surface area contributed by atoms with Crippen LogP contribution >= 0.6 is 22.7 Å². The van der Waals surface area contributed by atoms with Gasteiger partial charge in [-0.3, -0.25) is 0 Å². The number of fused-ring (bicyclic) bond motifs is 14. The van der Waals surface area contributed by atoms with Gasteiger partial charge in [0.25, 0.3) is 0 Å². The Morgan fingerprint density at radius 2 is 0.686 bits per heavy atom. The fourth-order valence-electron chi connectivity index (χ4n) is 11.3. The monoisotopic (exact) mass is 924 g/mol. The molecule has 0 unspecified atom stereocenters. The van der Waals surface area contributed by atoms with Gasteiger partial charge in [-0.05, 0) is 111 Å². The molecular formula is C66H40N2S2. The summed E-state index contributed by atoms with van der Waals surface area (Å²) in [6.07, 6.45) is 0. The van der Waals surface area contributed by atoms with E-state index in [2.05, 4.69) is 252 Å². The standard InChI is InChI=1S/C66H40N2S2/c1-4-15-41(16-5-1)44-21-14-22-49(36-44)67-57-25-12-10-23-51(57)53-31-34-61-64(65(53)67)56-30-28-46(40-62(56)70-61)45-27-29-52-54-32-33-60-63(55-24-11-13-26-59(55)69-60)66(54)68(58(52)39-45)50-37-47(42-17-6-2-7-18-42)35-48(38-50)43-19-8-3-9-20-43/h1-40H.